The van der Waals surface area contributed by atoms with Crippen LogP contribution in [0.3, 0.4) is 0 Å². The van der Waals surface area contributed by atoms with Crippen molar-refractivity contribution < 1.29 is 22.4 Å². The fraction of sp³-hybridized carbons (Fsp3) is 0.250. The van der Waals surface area contributed by atoms with Gasteiger partial charge in [0.1, 0.15) is 16.2 Å². The summed E-state index contributed by atoms with van der Waals surface area (Å²) in [6.07, 6.45) is 3.69. The van der Waals surface area contributed by atoms with Gasteiger partial charge in [0.15, 0.2) is 0 Å². The molecule has 1 amide bonds. The van der Waals surface area contributed by atoms with Crippen LogP contribution in [0, 0.1) is 6.92 Å². The lowest BCUT2D eigenvalue weighted by molar-refractivity contribution is -0.115. The molecule has 2 heterocycles. The van der Waals surface area contributed by atoms with E-state index in [2.05, 4.69) is 14.9 Å². The summed E-state index contributed by atoms with van der Waals surface area (Å²) in [6, 6.07) is 17.7. The largest absolute Gasteiger partial charge is 0.495 e. The summed E-state index contributed by atoms with van der Waals surface area (Å²) in [6.45, 7) is 3.53. The van der Waals surface area contributed by atoms with Gasteiger partial charge in [0, 0.05) is 29.7 Å². The second kappa shape index (κ2) is 10.2. The second-order valence-corrected chi connectivity index (χ2v) is 10.8. The van der Waals surface area contributed by atoms with Crippen molar-refractivity contribution in [1.29, 1.82) is 0 Å². The molecular formula is C28H29N3O5S. The number of methoxy groups -OCH3 is 1. The Bertz CT molecular complexity index is 1560. The maximum atomic E-state index is 13.6. The molecule has 1 aliphatic rings. The zero-order valence-corrected chi connectivity index (χ0v) is 21.6. The summed E-state index contributed by atoms with van der Waals surface area (Å²) in [5.74, 6) is 0.152. The predicted molar refractivity (Wildman–Crippen MR) is 145 cm³/mol. The predicted octanol–water partition coefficient (Wildman–Crippen LogP) is 5.33. The van der Waals surface area contributed by atoms with Crippen LogP contribution in [0.1, 0.15) is 24.0 Å². The van der Waals surface area contributed by atoms with Crippen molar-refractivity contribution in [2.75, 3.05) is 35.1 Å². The van der Waals surface area contributed by atoms with E-state index in [1.54, 1.807) is 42.7 Å². The Morgan fingerprint density at radius 2 is 1.84 bits per heavy atom. The van der Waals surface area contributed by atoms with Crippen molar-refractivity contribution in [1.82, 2.24) is 0 Å². The van der Waals surface area contributed by atoms with Gasteiger partial charge in [0.05, 0.1) is 31.2 Å². The van der Waals surface area contributed by atoms with Crippen molar-refractivity contribution in [2.24, 2.45) is 0 Å². The molecule has 192 valence electrons. The summed E-state index contributed by atoms with van der Waals surface area (Å²) in [7, 11) is -2.50. The molecule has 0 spiro atoms. The molecule has 0 atom stereocenters. The van der Waals surface area contributed by atoms with E-state index in [1.807, 2.05) is 25.1 Å². The third-order valence-corrected chi connectivity index (χ3v) is 7.89. The number of para-hydroxylation sites is 2. The van der Waals surface area contributed by atoms with Gasteiger partial charge in [-0.2, -0.15) is 0 Å². The quantitative estimate of drug-likeness (QED) is 0.326. The lowest BCUT2D eigenvalue weighted by Crippen LogP contribution is -2.23. The molecule has 1 saturated heterocycles. The van der Waals surface area contributed by atoms with Crippen molar-refractivity contribution in [2.45, 2.75) is 31.1 Å². The molecule has 8 nitrogen and oxygen atoms in total. The van der Waals surface area contributed by atoms with Crippen LogP contribution in [0.4, 0.5) is 17.1 Å². The van der Waals surface area contributed by atoms with E-state index in [1.165, 1.54) is 13.2 Å². The zero-order chi connectivity index (χ0) is 26.0. The number of anilines is 3. The number of aryl methyl sites for hydroxylation is 1. The standard InChI is InChI=1S/C28H29N3O5S/c1-19-9-11-22-20(18-36-26(22)15-19)16-28(32)29-21-10-12-24(31-13-5-6-14-31)27(17-21)37(33,34)30-23-7-3-4-8-25(23)35-2/h3-4,7-12,15,17-18,30H,5-6,13-14,16H2,1-2H3,(H,29,32). The molecule has 0 saturated carbocycles. The first-order chi connectivity index (χ1) is 17.8. The Kier molecular flexibility index (Phi) is 6.80. The number of amides is 1. The number of nitrogens with one attached hydrogen (secondary N) is 2. The van der Waals surface area contributed by atoms with Crippen molar-refractivity contribution >= 4 is 44.0 Å². The van der Waals surface area contributed by atoms with E-state index >= 15 is 0 Å². The summed E-state index contributed by atoms with van der Waals surface area (Å²) in [4.78, 5) is 15.1. The first-order valence-corrected chi connectivity index (χ1v) is 13.6. The molecule has 1 aliphatic heterocycles. The van der Waals surface area contributed by atoms with Gasteiger partial charge in [-0.15, -0.1) is 0 Å². The average molecular weight is 520 g/mol. The molecule has 4 aromatic rings. The summed E-state index contributed by atoms with van der Waals surface area (Å²) >= 11 is 0. The van der Waals surface area contributed by atoms with Gasteiger partial charge in [-0.1, -0.05) is 24.3 Å². The van der Waals surface area contributed by atoms with Crippen molar-refractivity contribution in [3.8, 4) is 5.75 Å². The van der Waals surface area contributed by atoms with E-state index < -0.39 is 10.0 Å². The van der Waals surface area contributed by atoms with Gasteiger partial charge in [0.2, 0.25) is 5.91 Å². The van der Waals surface area contributed by atoms with Crippen LogP contribution >= 0.6 is 0 Å². The Balaban J connectivity index is 1.43. The molecule has 5 rings (SSSR count). The number of carbonyl (C=O) groups is 1. The van der Waals surface area contributed by atoms with Gasteiger partial charge < -0.3 is 19.4 Å². The van der Waals surface area contributed by atoms with E-state index in [0.717, 1.165) is 48.0 Å². The van der Waals surface area contributed by atoms with Gasteiger partial charge in [-0.05, 0) is 61.7 Å². The number of hydrogen-bond acceptors (Lipinski definition) is 6. The highest BCUT2D eigenvalue weighted by atomic mass is 32.2. The fourth-order valence-corrected chi connectivity index (χ4v) is 5.98. The molecule has 2 N–H and O–H groups in total. The van der Waals surface area contributed by atoms with Crippen LogP contribution in [0.2, 0.25) is 0 Å². The highest BCUT2D eigenvalue weighted by Gasteiger charge is 2.26. The van der Waals surface area contributed by atoms with Gasteiger partial charge in [-0.25, -0.2) is 8.42 Å². The van der Waals surface area contributed by atoms with Crippen molar-refractivity contribution in [3.63, 3.8) is 0 Å². The molecule has 3 aromatic carbocycles. The molecule has 1 aromatic heterocycles. The average Bonchev–Trinajstić information content (AvgIpc) is 3.54. The topological polar surface area (TPSA) is 101 Å². The normalized spacial score (nSPS) is 13.6. The SMILES string of the molecule is COc1ccccc1NS(=O)(=O)c1cc(NC(=O)Cc2coc3cc(C)ccc23)ccc1N1CCCC1. The number of sulfonamides is 1. The van der Waals surface area contributed by atoms with Gasteiger partial charge in [0.25, 0.3) is 10.0 Å². The summed E-state index contributed by atoms with van der Waals surface area (Å²) < 4.78 is 40.8. The third kappa shape index (κ3) is 5.27. The summed E-state index contributed by atoms with van der Waals surface area (Å²) in [5.41, 5.74) is 3.92. The number of benzene rings is 3. The van der Waals surface area contributed by atoms with Gasteiger partial charge >= 0.3 is 0 Å². The molecule has 0 bridgehead atoms. The molecule has 9 heteroatoms. The number of fused-ring (bicyclic) bond motifs is 1. The monoisotopic (exact) mass is 519 g/mol. The molecule has 37 heavy (non-hydrogen) atoms. The number of rotatable bonds is 8. The van der Waals surface area contributed by atoms with Crippen LogP contribution in [-0.4, -0.2) is 34.5 Å². The maximum absolute atomic E-state index is 13.6. The number of furan rings is 1. The highest BCUT2D eigenvalue weighted by Crippen LogP contribution is 2.34. The first kappa shape index (κ1) is 24.7. The van der Waals surface area contributed by atoms with Crippen LogP contribution in [0.5, 0.6) is 5.75 Å². The molecular weight excluding hydrogens is 490 g/mol. The number of carbonyl (C=O) groups excluding carboxylic acids is 1. The van der Waals surface area contributed by atoms with E-state index in [-0.39, 0.29) is 17.2 Å². The molecule has 0 aliphatic carbocycles. The van der Waals surface area contributed by atoms with Crippen LogP contribution in [0.25, 0.3) is 11.0 Å². The number of nitrogens with zero attached hydrogens (tertiary/aromatic N) is 1. The Hall–Kier alpha value is -3.98. The van der Waals surface area contributed by atoms with Crippen molar-refractivity contribution in [3.05, 3.63) is 78.1 Å². The number of hydrogen-bond donors (Lipinski definition) is 2. The van der Waals surface area contributed by atoms with E-state index in [0.29, 0.717) is 22.8 Å². The van der Waals surface area contributed by atoms with Crippen LogP contribution in [0.15, 0.2) is 76.2 Å². The Morgan fingerprint density at radius 1 is 1.05 bits per heavy atom. The number of ether oxygens (including phenoxy) is 1. The molecule has 0 radical (unpaired) electrons. The fourth-order valence-electron chi connectivity index (χ4n) is 4.66. The lowest BCUT2D eigenvalue weighted by Gasteiger charge is -2.23. The lowest BCUT2D eigenvalue weighted by atomic mass is 10.1. The second-order valence-electron chi connectivity index (χ2n) is 9.17. The highest BCUT2D eigenvalue weighted by molar-refractivity contribution is 7.93. The molecule has 1 fully saturated rings. The Morgan fingerprint density at radius 3 is 2.62 bits per heavy atom. The summed E-state index contributed by atoms with van der Waals surface area (Å²) in [5, 5.41) is 3.74. The minimum atomic E-state index is -3.99. The van der Waals surface area contributed by atoms with Crippen LogP contribution < -0.4 is 19.7 Å². The van der Waals surface area contributed by atoms with E-state index in [4.69, 9.17) is 9.15 Å². The Labute approximate surface area is 216 Å². The minimum absolute atomic E-state index is 0.0994. The smallest absolute Gasteiger partial charge is 0.264 e. The molecule has 0 unspecified atom stereocenters. The minimum Gasteiger partial charge on any atom is -0.495 e. The van der Waals surface area contributed by atoms with E-state index in [9.17, 15) is 13.2 Å². The van der Waals surface area contributed by atoms with Crippen LogP contribution in [-0.2, 0) is 21.2 Å². The first-order valence-electron chi connectivity index (χ1n) is 12.2. The maximum Gasteiger partial charge on any atom is 0.264 e. The third-order valence-electron chi connectivity index (χ3n) is 6.49. The zero-order valence-electron chi connectivity index (χ0n) is 20.8. The van der Waals surface area contributed by atoms with Gasteiger partial charge in [-0.3, -0.25) is 9.52 Å².